The fraction of sp³-hybridized carbons (Fsp3) is 0.556. The quantitative estimate of drug-likeness (QED) is 0.800. The lowest BCUT2D eigenvalue weighted by Crippen LogP contribution is -2.66. The molecule has 168 valence electrons. The zero-order valence-electron chi connectivity index (χ0n) is 18.8. The second-order valence-electron chi connectivity index (χ2n) is 10.4. The lowest BCUT2D eigenvalue weighted by molar-refractivity contribution is -0.137. The number of hydrogen-bond donors (Lipinski definition) is 1. The first kappa shape index (κ1) is 19.4. The molecule has 0 amide bonds. The Morgan fingerprint density at radius 3 is 3.00 bits per heavy atom. The van der Waals surface area contributed by atoms with Gasteiger partial charge < -0.3 is 24.4 Å². The van der Waals surface area contributed by atoms with Gasteiger partial charge in [0, 0.05) is 34.8 Å². The van der Waals surface area contributed by atoms with Crippen molar-refractivity contribution >= 4 is 5.69 Å². The first-order chi connectivity index (χ1) is 15.7. The SMILES string of the molecule is CN1CC[C@]23c4c5cccc4O[C@H]2[C@H](OCC2CNc4ccccc4CO2)CC[C@H]3[C@H]1C5. The largest absolute Gasteiger partial charge is 0.486 e. The smallest absolute Gasteiger partial charge is 0.135 e. The molecule has 0 aromatic heterocycles. The predicted molar refractivity (Wildman–Crippen MR) is 123 cm³/mol. The Labute approximate surface area is 190 Å². The third-order valence-electron chi connectivity index (χ3n) is 8.95. The first-order valence-corrected chi connectivity index (χ1v) is 12.3. The summed E-state index contributed by atoms with van der Waals surface area (Å²) in [5, 5.41) is 3.54. The van der Waals surface area contributed by atoms with Crippen molar-refractivity contribution in [1.29, 1.82) is 0 Å². The summed E-state index contributed by atoms with van der Waals surface area (Å²) < 4.78 is 19.6. The van der Waals surface area contributed by atoms with Gasteiger partial charge in [0.1, 0.15) is 11.9 Å². The van der Waals surface area contributed by atoms with E-state index in [1.807, 2.05) is 0 Å². The molecule has 1 saturated carbocycles. The molecule has 3 aliphatic heterocycles. The molecule has 0 radical (unpaired) electrons. The molecule has 1 unspecified atom stereocenters. The van der Waals surface area contributed by atoms with E-state index in [4.69, 9.17) is 14.2 Å². The van der Waals surface area contributed by atoms with Gasteiger partial charge in [-0.1, -0.05) is 30.3 Å². The van der Waals surface area contributed by atoms with Crippen LogP contribution in [0.1, 0.15) is 36.0 Å². The van der Waals surface area contributed by atoms with E-state index in [0.717, 1.165) is 31.7 Å². The van der Waals surface area contributed by atoms with Crippen molar-refractivity contribution in [2.45, 2.75) is 62.1 Å². The number of nitrogens with one attached hydrogen (secondary N) is 1. The number of para-hydroxylation sites is 1. The summed E-state index contributed by atoms with van der Waals surface area (Å²) in [4.78, 5) is 2.60. The Morgan fingerprint density at radius 1 is 1.12 bits per heavy atom. The first-order valence-electron chi connectivity index (χ1n) is 12.3. The van der Waals surface area contributed by atoms with Crippen molar-refractivity contribution in [2.24, 2.45) is 5.92 Å². The highest BCUT2D eigenvalue weighted by atomic mass is 16.6. The number of nitrogens with zero attached hydrogens (tertiary/aromatic N) is 1. The maximum atomic E-state index is 6.74. The van der Waals surface area contributed by atoms with Crippen LogP contribution in [0.2, 0.25) is 0 Å². The molecule has 5 aliphatic rings. The van der Waals surface area contributed by atoms with E-state index in [0.29, 0.717) is 25.2 Å². The number of rotatable bonds is 3. The van der Waals surface area contributed by atoms with Crippen LogP contribution < -0.4 is 10.1 Å². The molecular formula is C27H32N2O3. The average Bonchev–Trinajstić information content (AvgIpc) is 3.02. The Kier molecular flexibility index (Phi) is 4.37. The highest BCUT2D eigenvalue weighted by Gasteiger charge is 2.65. The number of likely N-dealkylation sites (tertiary alicyclic amines) is 1. The number of anilines is 1. The molecule has 1 N–H and O–H groups in total. The van der Waals surface area contributed by atoms with Gasteiger partial charge in [-0.15, -0.1) is 0 Å². The van der Waals surface area contributed by atoms with Crippen LogP contribution in [0.15, 0.2) is 42.5 Å². The number of benzene rings is 2. The third-order valence-corrected chi connectivity index (χ3v) is 8.95. The molecule has 2 bridgehead atoms. The number of fused-ring (bicyclic) bond motifs is 1. The molecule has 1 spiro atoms. The molecule has 5 heteroatoms. The fourth-order valence-corrected chi connectivity index (χ4v) is 7.48. The summed E-state index contributed by atoms with van der Waals surface area (Å²) in [6, 6.07) is 15.7. The second kappa shape index (κ2) is 7.21. The number of likely N-dealkylation sites (N-methyl/N-ethyl adjacent to an activating group) is 1. The van der Waals surface area contributed by atoms with E-state index in [-0.39, 0.29) is 23.7 Å². The zero-order valence-corrected chi connectivity index (χ0v) is 18.8. The van der Waals surface area contributed by atoms with Crippen molar-refractivity contribution in [1.82, 2.24) is 4.90 Å². The van der Waals surface area contributed by atoms with Crippen LogP contribution >= 0.6 is 0 Å². The molecule has 2 aromatic rings. The van der Waals surface area contributed by atoms with Crippen LogP contribution in [0.3, 0.4) is 0 Å². The van der Waals surface area contributed by atoms with Crippen LogP contribution in [-0.2, 0) is 27.9 Å². The van der Waals surface area contributed by atoms with E-state index in [1.165, 1.54) is 35.2 Å². The highest BCUT2D eigenvalue weighted by molar-refractivity contribution is 5.55. The minimum Gasteiger partial charge on any atom is -0.486 e. The lowest BCUT2D eigenvalue weighted by atomic mass is 9.51. The van der Waals surface area contributed by atoms with Crippen molar-refractivity contribution < 1.29 is 14.2 Å². The molecule has 7 rings (SSSR count). The van der Waals surface area contributed by atoms with Gasteiger partial charge in [-0.25, -0.2) is 0 Å². The maximum absolute atomic E-state index is 6.74. The van der Waals surface area contributed by atoms with Crippen molar-refractivity contribution in [3.8, 4) is 5.75 Å². The summed E-state index contributed by atoms with van der Waals surface area (Å²) in [5.74, 6) is 1.80. The monoisotopic (exact) mass is 432 g/mol. The molecule has 1 saturated heterocycles. The molecule has 2 fully saturated rings. The number of ether oxygens (including phenoxy) is 3. The van der Waals surface area contributed by atoms with Gasteiger partial charge in [-0.2, -0.15) is 0 Å². The minimum absolute atomic E-state index is 0.0496. The Hall–Kier alpha value is -2.08. The van der Waals surface area contributed by atoms with Crippen LogP contribution in [0.5, 0.6) is 5.75 Å². The normalized spacial score (nSPS) is 37.0. The Balaban J connectivity index is 1.13. The highest BCUT2D eigenvalue weighted by Crippen LogP contribution is 2.62. The third kappa shape index (κ3) is 2.68. The topological polar surface area (TPSA) is 43.0 Å². The summed E-state index contributed by atoms with van der Waals surface area (Å²) in [7, 11) is 2.31. The standard InChI is InChI=1S/C27H32N2O3/c1-29-12-11-27-20-9-10-24(26(27)32-23-8-4-6-17(25(23)27)13-22(20)29)31-16-19-14-28-21-7-3-2-5-18(21)15-30-19/h2-8,19-20,22,24,26,28H,9-16H2,1H3/t19?,20-,22+,24+,26-,27-/m0/s1. The van der Waals surface area contributed by atoms with Gasteiger partial charge in [0.05, 0.1) is 25.4 Å². The van der Waals surface area contributed by atoms with Crippen LogP contribution in [0.4, 0.5) is 5.69 Å². The molecule has 32 heavy (non-hydrogen) atoms. The zero-order chi connectivity index (χ0) is 21.3. The summed E-state index contributed by atoms with van der Waals surface area (Å²) >= 11 is 0. The van der Waals surface area contributed by atoms with Crippen molar-refractivity contribution in [2.75, 3.05) is 32.1 Å². The molecule has 6 atom stereocenters. The van der Waals surface area contributed by atoms with E-state index < -0.39 is 0 Å². The van der Waals surface area contributed by atoms with Gasteiger partial charge in [0.25, 0.3) is 0 Å². The minimum atomic E-state index is 0.0496. The van der Waals surface area contributed by atoms with Crippen LogP contribution in [0.25, 0.3) is 0 Å². The number of hydrogen-bond acceptors (Lipinski definition) is 5. The molecule has 3 heterocycles. The second-order valence-corrected chi connectivity index (χ2v) is 10.4. The summed E-state index contributed by atoms with van der Waals surface area (Å²) in [6.07, 6.45) is 4.95. The van der Waals surface area contributed by atoms with Gasteiger partial charge in [0.15, 0.2) is 0 Å². The van der Waals surface area contributed by atoms with Gasteiger partial charge in [0.2, 0.25) is 0 Å². The maximum Gasteiger partial charge on any atom is 0.135 e. The van der Waals surface area contributed by atoms with E-state index >= 15 is 0 Å². The summed E-state index contributed by atoms with van der Waals surface area (Å²) in [6.45, 7) is 3.17. The van der Waals surface area contributed by atoms with Crippen molar-refractivity contribution in [3.63, 3.8) is 0 Å². The number of piperidine rings is 1. The Morgan fingerprint density at radius 2 is 2.03 bits per heavy atom. The van der Waals surface area contributed by atoms with Crippen LogP contribution in [0, 0.1) is 5.92 Å². The van der Waals surface area contributed by atoms with Gasteiger partial charge in [-0.3, -0.25) is 0 Å². The molecule has 2 aromatic carbocycles. The van der Waals surface area contributed by atoms with E-state index in [2.05, 4.69) is 59.7 Å². The van der Waals surface area contributed by atoms with Gasteiger partial charge in [-0.05, 0) is 62.9 Å². The van der Waals surface area contributed by atoms with Crippen molar-refractivity contribution in [3.05, 3.63) is 59.2 Å². The van der Waals surface area contributed by atoms with Gasteiger partial charge >= 0.3 is 0 Å². The van der Waals surface area contributed by atoms with E-state index in [1.54, 1.807) is 0 Å². The molecule has 5 nitrogen and oxygen atoms in total. The van der Waals surface area contributed by atoms with E-state index in [9.17, 15) is 0 Å². The fourth-order valence-electron chi connectivity index (χ4n) is 7.48. The molecular weight excluding hydrogens is 400 g/mol. The predicted octanol–water partition coefficient (Wildman–Crippen LogP) is 3.75. The lowest BCUT2D eigenvalue weighted by Gasteiger charge is -2.59. The average molecular weight is 433 g/mol. The molecule has 2 aliphatic carbocycles. The summed E-state index contributed by atoms with van der Waals surface area (Å²) in [5.41, 5.74) is 5.55. The Bertz CT molecular complexity index is 1010. The van der Waals surface area contributed by atoms with Crippen LogP contribution in [-0.4, -0.2) is 56.0 Å².